The summed E-state index contributed by atoms with van der Waals surface area (Å²) in [6.07, 6.45) is 1.37. The number of anilines is 1. The minimum Gasteiger partial charge on any atom is -0.476 e. The third-order valence-electron chi connectivity index (χ3n) is 2.57. The van der Waals surface area contributed by atoms with Crippen molar-refractivity contribution in [3.05, 3.63) is 46.4 Å². The number of carbonyl (C=O) groups excluding carboxylic acids is 1. The molecule has 2 amide bonds. The van der Waals surface area contributed by atoms with Gasteiger partial charge in [-0.15, -0.1) is 11.3 Å². The molecule has 6 nitrogen and oxygen atoms in total. The number of carboxylic acid groups (broad SMARTS) is 1. The van der Waals surface area contributed by atoms with Gasteiger partial charge < -0.3 is 15.3 Å². The Morgan fingerprint density at radius 3 is 2.85 bits per heavy atom. The van der Waals surface area contributed by atoms with Gasteiger partial charge in [-0.2, -0.15) is 0 Å². The summed E-state index contributed by atoms with van der Waals surface area (Å²) in [5.74, 6) is -1.18. The number of aromatic carboxylic acids is 1. The van der Waals surface area contributed by atoms with Crippen LogP contribution in [0.5, 0.6) is 0 Å². The molecule has 0 atom stereocenters. The largest absolute Gasteiger partial charge is 0.476 e. The maximum absolute atomic E-state index is 12.0. The number of thiophene rings is 1. The van der Waals surface area contributed by atoms with E-state index in [1.165, 1.54) is 17.2 Å². The molecule has 2 aromatic heterocycles. The number of nitrogens with one attached hydrogen (secondary N) is 1. The molecule has 20 heavy (non-hydrogen) atoms. The predicted octanol–water partition coefficient (Wildman–Crippen LogP) is 2.51. The van der Waals surface area contributed by atoms with Crippen LogP contribution in [0.4, 0.5) is 10.5 Å². The van der Waals surface area contributed by atoms with E-state index < -0.39 is 5.97 Å². The van der Waals surface area contributed by atoms with Crippen molar-refractivity contribution < 1.29 is 14.7 Å². The molecule has 0 unspecified atom stereocenters. The highest BCUT2D eigenvalue weighted by atomic mass is 32.1. The molecule has 7 heteroatoms. The molecule has 0 aliphatic rings. The van der Waals surface area contributed by atoms with E-state index in [9.17, 15) is 9.59 Å². The fraction of sp³-hybridized carbons (Fsp3) is 0.154. The third kappa shape index (κ3) is 3.33. The molecular formula is C13H13N3O3S. The number of urea groups is 1. The molecule has 2 N–H and O–H groups in total. The normalized spacial score (nSPS) is 10.1. The van der Waals surface area contributed by atoms with Gasteiger partial charge in [0, 0.05) is 18.1 Å². The van der Waals surface area contributed by atoms with Gasteiger partial charge in [0.1, 0.15) is 0 Å². The zero-order valence-electron chi connectivity index (χ0n) is 10.7. The van der Waals surface area contributed by atoms with Crippen molar-refractivity contribution in [1.82, 2.24) is 9.88 Å². The molecule has 0 saturated heterocycles. The quantitative estimate of drug-likeness (QED) is 0.906. The molecule has 0 aliphatic carbocycles. The number of hydrogen-bond donors (Lipinski definition) is 2. The maximum Gasteiger partial charge on any atom is 0.356 e. The second kappa shape index (κ2) is 6.16. The van der Waals surface area contributed by atoms with Crippen LogP contribution in [0.3, 0.4) is 0 Å². The molecule has 0 aliphatic heterocycles. The van der Waals surface area contributed by atoms with E-state index >= 15 is 0 Å². The lowest BCUT2D eigenvalue weighted by Crippen LogP contribution is -2.31. The Morgan fingerprint density at radius 2 is 2.20 bits per heavy atom. The van der Waals surface area contributed by atoms with Crippen LogP contribution in [0.25, 0.3) is 0 Å². The Balaban J connectivity index is 2.06. The standard InChI is InChI=1S/C13H13N3O3S/c1-16(8-9-4-3-7-20-9)13(19)15-10-5-2-6-14-11(10)12(17)18/h2-7H,8H2,1H3,(H,15,19)(H,17,18). The first-order valence-electron chi connectivity index (χ1n) is 5.80. The lowest BCUT2D eigenvalue weighted by atomic mass is 10.3. The molecule has 2 heterocycles. The summed E-state index contributed by atoms with van der Waals surface area (Å²) in [6, 6.07) is 6.54. The minimum atomic E-state index is -1.18. The maximum atomic E-state index is 12.0. The van der Waals surface area contributed by atoms with Crippen LogP contribution >= 0.6 is 11.3 Å². The Labute approximate surface area is 119 Å². The summed E-state index contributed by atoms with van der Waals surface area (Å²) < 4.78 is 0. The number of amides is 2. The van der Waals surface area contributed by atoms with Gasteiger partial charge in [0.25, 0.3) is 0 Å². The van der Waals surface area contributed by atoms with Crippen molar-refractivity contribution in [1.29, 1.82) is 0 Å². The first-order chi connectivity index (χ1) is 9.58. The van der Waals surface area contributed by atoms with Crippen molar-refractivity contribution in [3.63, 3.8) is 0 Å². The van der Waals surface area contributed by atoms with Crippen molar-refractivity contribution >= 4 is 29.0 Å². The Morgan fingerprint density at radius 1 is 1.40 bits per heavy atom. The Bertz CT molecular complexity index is 613. The van der Waals surface area contributed by atoms with Gasteiger partial charge >= 0.3 is 12.0 Å². The van der Waals surface area contributed by atoms with E-state index in [1.54, 1.807) is 24.5 Å². The first kappa shape index (κ1) is 14.0. The molecule has 0 aromatic carbocycles. The highest BCUT2D eigenvalue weighted by Gasteiger charge is 2.15. The summed E-state index contributed by atoms with van der Waals surface area (Å²) in [4.78, 5) is 29.3. The van der Waals surface area contributed by atoms with E-state index in [1.807, 2.05) is 17.5 Å². The van der Waals surface area contributed by atoms with Crippen LogP contribution in [-0.4, -0.2) is 34.0 Å². The van der Waals surface area contributed by atoms with Gasteiger partial charge in [-0.25, -0.2) is 14.6 Å². The first-order valence-corrected chi connectivity index (χ1v) is 6.68. The second-order valence-corrected chi connectivity index (χ2v) is 5.10. The summed E-state index contributed by atoms with van der Waals surface area (Å²) in [5, 5.41) is 13.5. The lowest BCUT2D eigenvalue weighted by Gasteiger charge is -2.17. The third-order valence-corrected chi connectivity index (χ3v) is 3.43. The molecule has 2 aromatic rings. The molecule has 0 spiro atoms. The summed E-state index contributed by atoms with van der Waals surface area (Å²) in [7, 11) is 1.64. The minimum absolute atomic E-state index is 0.176. The van der Waals surface area contributed by atoms with E-state index in [2.05, 4.69) is 10.3 Å². The lowest BCUT2D eigenvalue weighted by molar-refractivity contribution is 0.0691. The molecule has 0 fully saturated rings. The summed E-state index contributed by atoms with van der Waals surface area (Å²) in [6.45, 7) is 0.464. The number of pyridine rings is 1. The van der Waals surface area contributed by atoms with Gasteiger partial charge in [-0.3, -0.25) is 0 Å². The van der Waals surface area contributed by atoms with Crippen LogP contribution < -0.4 is 5.32 Å². The summed E-state index contributed by atoms with van der Waals surface area (Å²) in [5.41, 5.74) is 0.00778. The van der Waals surface area contributed by atoms with Gasteiger partial charge in [0.15, 0.2) is 5.69 Å². The Hall–Kier alpha value is -2.41. The molecule has 0 bridgehead atoms. The average molecular weight is 291 g/mol. The number of aromatic nitrogens is 1. The number of rotatable bonds is 4. The van der Waals surface area contributed by atoms with Crippen LogP contribution in [0.2, 0.25) is 0 Å². The second-order valence-electron chi connectivity index (χ2n) is 4.07. The van der Waals surface area contributed by atoms with Gasteiger partial charge in [0.05, 0.1) is 12.2 Å². The highest BCUT2D eigenvalue weighted by Crippen LogP contribution is 2.15. The molecular weight excluding hydrogens is 278 g/mol. The van der Waals surface area contributed by atoms with Crippen LogP contribution in [0.15, 0.2) is 35.8 Å². The Kier molecular flexibility index (Phi) is 4.31. The van der Waals surface area contributed by atoms with E-state index in [4.69, 9.17) is 5.11 Å². The topological polar surface area (TPSA) is 82.5 Å². The number of carboxylic acids is 1. The monoisotopic (exact) mass is 291 g/mol. The molecule has 0 radical (unpaired) electrons. The van der Waals surface area contributed by atoms with E-state index in [0.717, 1.165) is 4.88 Å². The number of nitrogens with zero attached hydrogens (tertiary/aromatic N) is 2. The van der Waals surface area contributed by atoms with Gasteiger partial charge in [-0.05, 0) is 23.6 Å². The SMILES string of the molecule is CN(Cc1cccs1)C(=O)Nc1cccnc1C(=O)O. The highest BCUT2D eigenvalue weighted by molar-refractivity contribution is 7.09. The molecule has 104 valence electrons. The zero-order valence-corrected chi connectivity index (χ0v) is 11.6. The molecule has 2 rings (SSSR count). The average Bonchev–Trinajstić information content (AvgIpc) is 2.91. The molecule has 0 saturated carbocycles. The van der Waals surface area contributed by atoms with Gasteiger partial charge in [-0.1, -0.05) is 6.07 Å². The van der Waals surface area contributed by atoms with Crippen molar-refractivity contribution in [2.24, 2.45) is 0 Å². The van der Waals surface area contributed by atoms with Crippen LogP contribution in [0, 0.1) is 0 Å². The fourth-order valence-corrected chi connectivity index (χ4v) is 2.35. The van der Waals surface area contributed by atoms with Crippen LogP contribution in [-0.2, 0) is 6.54 Å². The smallest absolute Gasteiger partial charge is 0.356 e. The van der Waals surface area contributed by atoms with Crippen molar-refractivity contribution in [2.45, 2.75) is 6.54 Å². The number of carbonyl (C=O) groups is 2. The fourth-order valence-electron chi connectivity index (χ4n) is 1.60. The predicted molar refractivity (Wildman–Crippen MR) is 76.0 cm³/mol. The van der Waals surface area contributed by atoms with E-state index in [-0.39, 0.29) is 17.4 Å². The van der Waals surface area contributed by atoms with Crippen molar-refractivity contribution in [3.8, 4) is 0 Å². The summed E-state index contributed by atoms with van der Waals surface area (Å²) >= 11 is 1.55. The van der Waals surface area contributed by atoms with Gasteiger partial charge in [0.2, 0.25) is 0 Å². The number of hydrogen-bond acceptors (Lipinski definition) is 4. The van der Waals surface area contributed by atoms with Crippen LogP contribution in [0.1, 0.15) is 15.4 Å². The van der Waals surface area contributed by atoms with Crippen molar-refractivity contribution in [2.75, 3.05) is 12.4 Å². The zero-order chi connectivity index (χ0) is 14.5. The van der Waals surface area contributed by atoms with E-state index in [0.29, 0.717) is 6.54 Å².